The van der Waals surface area contributed by atoms with Crippen LogP contribution >= 0.6 is 11.8 Å². The molecule has 2 rings (SSSR count). The van der Waals surface area contributed by atoms with Crippen molar-refractivity contribution in [2.45, 2.75) is 20.4 Å². The van der Waals surface area contributed by atoms with Gasteiger partial charge < -0.3 is 14.6 Å². The number of oxazole rings is 1. The van der Waals surface area contributed by atoms with E-state index in [2.05, 4.69) is 27.0 Å². The molecule has 0 aliphatic carbocycles. The third-order valence-electron chi connectivity index (χ3n) is 3.06. The Morgan fingerprint density at radius 1 is 1.35 bits per heavy atom. The van der Waals surface area contributed by atoms with E-state index in [4.69, 9.17) is 4.42 Å². The summed E-state index contributed by atoms with van der Waals surface area (Å²) in [4.78, 5) is 6.86. The van der Waals surface area contributed by atoms with E-state index < -0.39 is 0 Å². The highest BCUT2D eigenvalue weighted by Crippen LogP contribution is 2.09. The molecule has 1 aromatic rings. The average molecular weight is 255 g/mol. The lowest BCUT2D eigenvalue weighted by atomic mass is 10.4. The Labute approximate surface area is 107 Å². The second-order valence-electron chi connectivity index (χ2n) is 4.38. The van der Waals surface area contributed by atoms with E-state index in [-0.39, 0.29) is 0 Å². The molecule has 5 heteroatoms. The molecule has 17 heavy (non-hydrogen) atoms. The molecule has 96 valence electrons. The van der Waals surface area contributed by atoms with Crippen molar-refractivity contribution in [1.29, 1.82) is 0 Å². The minimum atomic E-state index is 0.733. The van der Waals surface area contributed by atoms with E-state index in [0.717, 1.165) is 37.0 Å². The van der Waals surface area contributed by atoms with Gasteiger partial charge in [-0.25, -0.2) is 4.98 Å². The Morgan fingerprint density at radius 2 is 2.12 bits per heavy atom. The Hall–Kier alpha value is -0.520. The van der Waals surface area contributed by atoms with E-state index in [9.17, 15) is 0 Å². The summed E-state index contributed by atoms with van der Waals surface area (Å²) in [6.07, 6.45) is 0. The van der Waals surface area contributed by atoms with Gasteiger partial charge in [-0.3, -0.25) is 0 Å². The number of thioether (sulfide) groups is 1. The lowest BCUT2D eigenvalue weighted by Crippen LogP contribution is -2.37. The molecule has 0 spiro atoms. The summed E-state index contributed by atoms with van der Waals surface area (Å²) in [5.41, 5.74) is 0.995. The van der Waals surface area contributed by atoms with Crippen LogP contribution in [0.15, 0.2) is 4.42 Å². The number of hydrogen-bond donors (Lipinski definition) is 1. The van der Waals surface area contributed by atoms with Gasteiger partial charge in [0.05, 0.1) is 12.2 Å². The minimum Gasteiger partial charge on any atom is -0.444 e. The van der Waals surface area contributed by atoms with Gasteiger partial charge in [-0.2, -0.15) is 11.8 Å². The van der Waals surface area contributed by atoms with Crippen molar-refractivity contribution in [1.82, 2.24) is 15.2 Å². The molecule has 1 N–H and O–H groups in total. The van der Waals surface area contributed by atoms with Crippen molar-refractivity contribution >= 4 is 11.8 Å². The Kier molecular flexibility index (Phi) is 4.88. The SMILES string of the molecule is Cc1nc(CNCCN2CCSCC2)oc1C. The molecule has 0 atom stereocenters. The third-order valence-corrected chi connectivity index (χ3v) is 4.00. The van der Waals surface area contributed by atoms with E-state index in [0.29, 0.717) is 0 Å². The standard InChI is InChI=1S/C12H21N3OS/c1-10-11(2)16-12(14-10)9-13-3-4-15-5-7-17-8-6-15/h13H,3-9H2,1-2H3. The van der Waals surface area contributed by atoms with Gasteiger partial charge in [-0.15, -0.1) is 0 Å². The van der Waals surface area contributed by atoms with Crippen molar-refractivity contribution < 1.29 is 4.42 Å². The Bertz CT molecular complexity index is 328. The first-order chi connectivity index (χ1) is 8.25. The van der Waals surface area contributed by atoms with Gasteiger partial charge in [-0.05, 0) is 13.8 Å². The fourth-order valence-electron chi connectivity index (χ4n) is 1.87. The van der Waals surface area contributed by atoms with E-state index >= 15 is 0 Å². The van der Waals surface area contributed by atoms with Crippen molar-refractivity contribution in [3.63, 3.8) is 0 Å². The number of aryl methyl sites for hydroxylation is 2. The van der Waals surface area contributed by atoms with Crippen LogP contribution in [0, 0.1) is 13.8 Å². The summed E-state index contributed by atoms with van der Waals surface area (Å²) in [6, 6.07) is 0. The first-order valence-corrected chi connectivity index (χ1v) is 7.35. The quantitative estimate of drug-likeness (QED) is 0.806. The molecule has 2 heterocycles. The number of aromatic nitrogens is 1. The first-order valence-electron chi connectivity index (χ1n) is 6.19. The summed E-state index contributed by atoms with van der Waals surface area (Å²) < 4.78 is 5.52. The molecule has 4 nitrogen and oxygen atoms in total. The second kappa shape index (κ2) is 6.42. The highest BCUT2D eigenvalue weighted by atomic mass is 32.2. The molecule has 1 fully saturated rings. The maximum atomic E-state index is 5.52. The predicted molar refractivity (Wildman–Crippen MR) is 71.4 cm³/mol. The molecule has 1 aliphatic heterocycles. The normalized spacial score (nSPS) is 17.5. The molecule has 0 amide bonds. The number of nitrogens with zero attached hydrogens (tertiary/aromatic N) is 2. The lowest BCUT2D eigenvalue weighted by molar-refractivity contribution is 0.298. The molecule has 0 radical (unpaired) electrons. The van der Waals surface area contributed by atoms with Gasteiger partial charge in [-0.1, -0.05) is 0 Å². The van der Waals surface area contributed by atoms with Crippen molar-refractivity contribution in [2.75, 3.05) is 37.7 Å². The van der Waals surface area contributed by atoms with Crippen LogP contribution in [-0.4, -0.2) is 47.6 Å². The zero-order valence-electron chi connectivity index (χ0n) is 10.7. The molecule has 0 unspecified atom stereocenters. The highest BCUT2D eigenvalue weighted by Gasteiger charge is 2.09. The summed E-state index contributed by atoms with van der Waals surface area (Å²) in [6.45, 7) is 9.25. The van der Waals surface area contributed by atoms with Crippen molar-refractivity contribution in [3.8, 4) is 0 Å². The smallest absolute Gasteiger partial charge is 0.208 e. The number of nitrogens with one attached hydrogen (secondary N) is 1. The van der Waals surface area contributed by atoms with Crippen LogP contribution in [0.3, 0.4) is 0 Å². The summed E-state index contributed by atoms with van der Waals surface area (Å²) >= 11 is 2.05. The molecule has 0 aromatic carbocycles. The van der Waals surface area contributed by atoms with Gasteiger partial charge in [0.25, 0.3) is 0 Å². The van der Waals surface area contributed by atoms with E-state index in [1.165, 1.54) is 24.6 Å². The monoisotopic (exact) mass is 255 g/mol. The maximum absolute atomic E-state index is 5.52. The maximum Gasteiger partial charge on any atom is 0.208 e. The van der Waals surface area contributed by atoms with Gasteiger partial charge in [0.1, 0.15) is 5.76 Å². The zero-order chi connectivity index (χ0) is 12.1. The zero-order valence-corrected chi connectivity index (χ0v) is 11.5. The second-order valence-corrected chi connectivity index (χ2v) is 5.60. The number of hydrogen-bond acceptors (Lipinski definition) is 5. The largest absolute Gasteiger partial charge is 0.444 e. The van der Waals surface area contributed by atoms with Crippen LogP contribution in [0.1, 0.15) is 17.3 Å². The summed E-state index contributed by atoms with van der Waals surface area (Å²) in [7, 11) is 0. The van der Waals surface area contributed by atoms with E-state index in [1.54, 1.807) is 0 Å². The minimum absolute atomic E-state index is 0.733. The lowest BCUT2D eigenvalue weighted by Gasteiger charge is -2.25. The molecule has 1 aliphatic rings. The van der Waals surface area contributed by atoms with Crippen LogP contribution in [-0.2, 0) is 6.54 Å². The first kappa shape index (κ1) is 12.9. The van der Waals surface area contributed by atoms with Gasteiger partial charge in [0, 0.05) is 37.7 Å². The summed E-state index contributed by atoms with van der Waals surface area (Å²) in [5.74, 6) is 4.28. The molecular weight excluding hydrogens is 234 g/mol. The molecule has 1 aromatic heterocycles. The van der Waals surface area contributed by atoms with Crippen LogP contribution in [0.25, 0.3) is 0 Å². The molecule has 0 bridgehead atoms. The van der Waals surface area contributed by atoms with Gasteiger partial charge in [0.15, 0.2) is 0 Å². The molecular formula is C12H21N3OS. The van der Waals surface area contributed by atoms with Crippen LogP contribution < -0.4 is 5.32 Å². The van der Waals surface area contributed by atoms with Crippen molar-refractivity contribution in [3.05, 3.63) is 17.3 Å². The fraction of sp³-hybridized carbons (Fsp3) is 0.750. The average Bonchev–Trinajstić information content (AvgIpc) is 2.66. The molecule has 0 saturated carbocycles. The van der Waals surface area contributed by atoms with Gasteiger partial charge in [0.2, 0.25) is 5.89 Å². The van der Waals surface area contributed by atoms with Crippen molar-refractivity contribution in [2.24, 2.45) is 0 Å². The number of rotatable bonds is 5. The fourth-order valence-corrected chi connectivity index (χ4v) is 2.85. The van der Waals surface area contributed by atoms with Crippen LogP contribution in [0.4, 0.5) is 0 Å². The van der Waals surface area contributed by atoms with Crippen LogP contribution in [0.2, 0.25) is 0 Å². The Morgan fingerprint density at radius 3 is 2.76 bits per heavy atom. The molecule has 1 saturated heterocycles. The van der Waals surface area contributed by atoms with Gasteiger partial charge >= 0.3 is 0 Å². The van der Waals surface area contributed by atoms with Crippen LogP contribution in [0.5, 0.6) is 0 Å². The topological polar surface area (TPSA) is 41.3 Å². The predicted octanol–water partition coefficient (Wildman–Crippen LogP) is 1.43. The highest BCUT2D eigenvalue weighted by molar-refractivity contribution is 7.99. The third kappa shape index (κ3) is 4.01. The Balaban J connectivity index is 1.62. The van der Waals surface area contributed by atoms with E-state index in [1.807, 2.05) is 13.8 Å². The summed E-state index contributed by atoms with van der Waals surface area (Å²) in [5, 5.41) is 3.38.